The number of aliphatic hydroxyl groups is 1. The molecule has 5 aromatic rings. The number of hydrogen-bond donors (Lipinski definition) is 1. The molecule has 2 aromatic heterocycles. The molecule has 257 valence electrons. The van der Waals surface area contributed by atoms with Gasteiger partial charge in [0.05, 0.1) is 5.76 Å². The summed E-state index contributed by atoms with van der Waals surface area (Å²) in [6, 6.07) is 19.2. The molecular formula is C43H52IrNO3-. The summed E-state index contributed by atoms with van der Waals surface area (Å²) in [5.41, 5.74) is 8.90. The summed E-state index contributed by atoms with van der Waals surface area (Å²) in [5.74, 6) is 1.26. The van der Waals surface area contributed by atoms with Crippen molar-refractivity contribution in [2.24, 2.45) is 11.8 Å². The molecule has 4 nitrogen and oxygen atoms in total. The van der Waals surface area contributed by atoms with E-state index in [1.54, 1.807) is 0 Å². The van der Waals surface area contributed by atoms with Gasteiger partial charge in [0.15, 0.2) is 5.78 Å². The Labute approximate surface area is 300 Å². The molecule has 1 N–H and O–H groups in total. The van der Waals surface area contributed by atoms with Crippen LogP contribution in [0.3, 0.4) is 0 Å². The fraction of sp³-hybridized carbons (Fsp3) is 0.442. The molecule has 1 aliphatic rings. The second-order valence-corrected chi connectivity index (χ2v) is 14.4. The van der Waals surface area contributed by atoms with E-state index in [4.69, 9.17) is 9.40 Å². The van der Waals surface area contributed by atoms with Gasteiger partial charge < -0.3 is 9.52 Å². The number of nitrogens with zero attached hydrogens (tertiary/aromatic N) is 1. The smallest absolute Gasteiger partial charge is 0.162 e. The average Bonchev–Trinajstić information content (AvgIpc) is 3.41. The van der Waals surface area contributed by atoms with Gasteiger partial charge in [-0.25, -0.2) is 0 Å². The van der Waals surface area contributed by atoms with Crippen LogP contribution in [-0.2, 0) is 30.3 Å². The number of pyridine rings is 1. The number of hydrogen-bond acceptors (Lipinski definition) is 4. The van der Waals surface area contributed by atoms with Crippen LogP contribution in [-0.4, -0.2) is 15.9 Å². The Morgan fingerprint density at radius 1 is 0.854 bits per heavy atom. The van der Waals surface area contributed by atoms with Crippen molar-refractivity contribution in [1.29, 1.82) is 0 Å². The number of ketones is 1. The van der Waals surface area contributed by atoms with E-state index in [1.807, 2.05) is 33.9 Å². The summed E-state index contributed by atoms with van der Waals surface area (Å²) in [5, 5.41) is 14.5. The van der Waals surface area contributed by atoms with Gasteiger partial charge in [-0.1, -0.05) is 116 Å². The van der Waals surface area contributed by atoms with Gasteiger partial charge in [0.1, 0.15) is 11.2 Å². The van der Waals surface area contributed by atoms with Gasteiger partial charge in [-0.2, -0.15) is 0 Å². The molecule has 0 bridgehead atoms. The van der Waals surface area contributed by atoms with Crippen molar-refractivity contribution in [3.05, 3.63) is 88.8 Å². The third-order valence-electron chi connectivity index (χ3n) is 10.4. The van der Waals surface area contributed by atoms with Crippen LogP contribution in [0.2, 0.25) is 0 Å². The van der Waals surface area contributed by atoms with E-state index in [2.05, 4.69) is 90.1 Å². The number of rotatable bonds is 9. The Balaban J connectivity index is 0.000000279. The SMILES string of the molecule is CC(C)c1ccc2c3c1oc1c(C(C)C)cnc(c13)-c1[c-]c3ccccc3cc1C2(C)C.CCC(CC)C(=O)/C=C(\O)C(CC)CC.[Ir]. The van der Waals surface area contributed by atoms with E-state index in [9.17, 15) is 9.90 Å². The molecule has 2 heterocycles. The van der Waals surface area contributed by atoms with Gasteiger partial charge in [0.25, 0.3) is 0 Å². The second-order valence-electron chi connectivity index (χ2n) is 14.4. The van der Waals surface area contributed by atoms with Crippen molar-refractivity contribution in [2.45, 2.75) is 112 Å². The molecule has 1 radical (unpaired) electrons. The minimum absolute atomic E-state index is 0. The van der Waals surface area contributed by atoms with Crippen molar-refractivity contribution < 1.29 is 34.4 Å². The first-order chi connectivity index (χ1) is 22.4. The van der Waals surface area contributed by atoms with Crippen LogP contribution in [0.1, 0.15) is 129 Å². The number of aromatic nitrogens is 1. The third-order valence-corrected chi connectivity index (χ3v) is 10.4. The van der Waals surface area contributed by atoms with Crippen LogP contribution >= 0.6 is 0 Å². The summed E-state index contributed by atoms with van der Waals surface area (Å²) in [6.45, 7) is 21.6. The summed E-state index contributed by atoms with van der Waals surface area (Å²) in [6.07, 6.45) is 6.92. The number of carbonyl (C=O) groups excluding carboxylic acids is 1. The number of benzene rings is 3. The predicted molar refractivity (Wildman–Crippen MR) is 197 cm³/mol. The molecular weight excluding hydrogens is 771 g/mol. The fourth-order valence-corrected chi connectivity index (χ4v) is 7.26. The van der Waals surface area contributed by atoms with Crippen molar-refractivity contribution in [3.8, 4) is 11.3 Å². The number of fused-ring (bicyclic) bond motifs is 3. The van der Waals surface area contributed by atoms with Gasteiger partial charge in [0.2, 0.25) is 0 Å². The molecule has 0 saturated heterocycles. The maximum atomic E-state index is 11.7. The van der Waals surface area contributed by atoms with E-state index in [1.165, 1.54) is 39.1 Å². The average molecular weight is 823 g/mol. The van der Waals surface area contributed by atoms with Gasteiger partial charge >= 0.3 is 0 Å². The van der Waals surface area contributed by atoms with Crippen LogP contribution < -0.4 is 0 Å². The summed E-state index contributed by atoms with van der Waals surface area (Å²) < 4.78 is 6.74. The van der Waals surface area contributed by atoms with Crippen LogP contribution in [0.5, 0.6) is 0 Å². The fourth-order valence-electron chi connectivity index (χ4n) is 7.26. The number of aliphatic hydroxyl groups excluding tert-OH is 1. The molecule has 0 fully saturated rings. The van der Waals surface area contributed by atoms with Crippen molar-refractivity contribution in [1.82, 2.24) is 4.98 Å². The van der Waals surface area contributed by atoms with Gasteiger partial charge in [-0.15, -0.1) is 23.6 Å². The topological polar surface area (TPSA) is 63.3 Å². The van der Waals surface area contributed by atoms with Crippen LogP contribution in [0.4, 0.5) is 0 Å². The predicted octanol–water partition coefficient (Wildman–Crippen LogP) is 12.4. The molecule has 6 rings (SSSR count). The first kappa shape index (κ1) is 37.5. The molecule has 0 saturated carbocycles. The van der Waals surface area contributed by atoms with Gasteiger partial charge in [-0.3, -0.25) is 9.78 Å². The maximum absolute atomic E-state index is 11.7. The standard InChI is InChI=1S/C30H28NO.C13H24O2.Ir/c1-16(2)20-11-12-23-25-26-27(31-15-22(17(3)4)29(26)32-28(20)25)21-13-18-9-7-8-10-19(18)14-24(21)30(23,5)6;1-5-10(6-2)12(14)9-13(15)11(7-3)8-4;/h7-12,14-17H,1-6H3;9-11,14H,5-8H2,1-4H3;/q-1;;/b;12-9-;. The minimum Gasteiger partial charge on any atom is -0.512 e. The molecule has 0 atom stereocenters. The first-order valence-electron chi connectivity index (χ1n) is 17.7. The van der Waals surface area contributed by atoms with Crippen molar-refractivity contribution in [3.63, 3.8) is 0 Å². The quantitative estimate of drug-likeness (QED) is 0.0914. The minimum atomic E-state index is -0.209. The Morgan fingerprint density at radius 3 is 2.06 bits per heavy atom. The van der Waals surface area contributed by atoms with E-state index < -0.39 is 0 Å². The first-order valence-corrected chi connectivity index (χ1v) is 17.7. The van der Waals surface area contributed by atoms with E-state index >= 15 is 0 Å². The largest absolute Gasteiger partial charge is 0.512 e. The Bertz CT molecular complexity index is 1950. The van der Waals surface area contributed by atoms with Crippen LogP contribution in [0.15, 0.2) is 64.9 Å². The Hall–Kier alpha value is -3.27. The number of carbonyl (C=O) groups is 1. The molecule has 1 aliphatic carbocycles. The third kappa shape index (κ3) is 6.66. The molecule has 48 heavy (non-hydrogen) atoms. The molecule has 0 spiro atoms. The second kappa shape index (κ2) is 15.1. The summed E-state index contributed by atoms with van der Waals surface area (Å²) in [7, 11) is 0. The van der Waals surface area contributed by atoms with Crippen molar-refractivity contribution in [2.75, 3.05) is 0 Å². The zero-order valence-corrected chi connectivity index (χ0v) is 32.8. The molecule has 0 unspecified atom stereocenters. The van der Waals surface area contributed by atoms with Gasteiger partial charge in [0, 0.05) is 66.2 Å². The summed E-state index contributed by atoms with van der Waals surface area (Å²) >= 11 is 0. The molecule has 0 amide bonds. The Kier molecular flexibility index (Phi) is 11.8. The summed E-state index contributed by atoms with van der Waals surface area (Å²) in [4.78, 5) is 16.8. The van der Waals surface area contributed by atoms with Crippen LogP contribution in [0, 0.1) is 17.9 Å². The Morgan fingerprint density at radius 2 is 1.46 bits per heavy atom. The monoisotopic (exact) mass is 823 g/mol. The van der Waals surface area contributed by atoms with E-state index in [0.29, 0.717) is 11.8 Å². The zero-order chi connectivity index (χ0) is 34.2. The molecule has 3 aromatic carbocycles. The molecule has 0 aliphatic heterocycles. The van der Waals surface area contributed by atoms with Crippen LogP contribution in [0.25, 0.3) is 44.0 Å². The van der Waals surface area contributed by atoms with Crippen molar-refractivity contribution >= 4 is 38.5 Å². The number of furan rings is 1. The number of allylic oxidation sites excluding steroid dienone is 2. The van der Waals surface area contributed by atoms with E-state index in [-0.39, 0.29) is 48.9 Å². The normalized spacial score (nSPS) is 13.8. The zero-order valence-electron chi connectivity index (χ0n) is 30.4. The molecule has 5 heteroatoms. The maximum Gasteiger partial charge on any atom is 0.162 e. The van der Waals surface area contributed by atoms with Gasteiger partial charge in [-0.05, 0) is 54.1 Å². The van der Waals surface area contributed by atoms with E-state index in [0.717, 1.165) is 58.9 Å².